The van der Waals surface area contributed by atoms with Gasteiger partial charge in [0.25, 0.3) is 0 Å². The number of benzene rings is 1. The van der Waals surface area contributed by atoms with Crippen LogP contribution in [0.2, 0.25) is 0 Å². The molecule has 4 aliphatic rings. The number of carbonyl (C=O) groups is 2. The number of nitrogens with zero attached hydrogens (tertiary/aromatic N) is 3. The van der Waals surface area contributed by atoms with Crippen molar-refractivity contribution >= 4 is 28.4 Å². The minimum atomic E-state index is -0.258. The number of nitrogens with one attached hydrogen (secondary N) is 2. The zero-order valence-electron chi connectivity index (χ0n) is 19.4. The second-order valence-electron chi connectivity index (χ2n) is 10.7. The molecule has 3 aromatic rings. The number of fused-ring (bicyclic) bond motifs is 3. The Morgan fingerprint density at radius 1 is 1.03 bits per heavy atom. The van der Waals surface area contributed by atoms with E-state index in [0.717, 1.165) is 52.8 Å². The van der Waals surface area contributed by atoms with Crippen molar-refractivity contribution in [3.05, 3.63) is 41.2 Å². The van der Waals surface area contributed by atoms with Crippen LogP contribution in [0.25, 0.3) is 16.6 Å². The second kappa shape index (κ2) is 7.54. The average molecular weight is 446 g/mol. The minimum Gasteiger partial charge on any atom is -0.273 e. The molecule has 2 N–H and O–H groups in total. The number of hydrazine groups is 1. The van der Waals surface area contributed by atoms with Crippen LogP contribution in [-0.4, -0.2) is 26.4 Å². The van der Waals surface area contributed by atoms with Gasteiger partial charge in [0.15, 0.2) is 5.65 Å². The largest absolute Gasteiger partial charge is 0.273 e. The van der Waals surface area contributed by atoms with Crippen LogP contribution in [-0.2, 0) is 16.0 Å². The minimum absolute atomic E-state index is 0.0219. The average Bonchev–Trinajstić information content (AvgIpc) is 3.15. The number of carbonyl (C=O) groups excluding carboxylic acids is 2. The van der Waals surface area contributed by atoms with E-state index in [1.165, 1.54) is 19.3 Å². The highest BCUT2D eigenvalue weighted by atomic mass is 16.2. The van der Waals surface area contributed by atoms with Gasteiger partial charge in [-0.2, -0.15) is 5.10 Å². The number of aryl methyl sites for hydroxylation is 2. The van der Waals surface area contributed by atoms with Gasteiger partial charge in [-0.1, -0.05) is 12.1 Å². The van der Waals surface area contributed by atoms with Crippen molar-refractivity contribution in [1.82, 2.24) is 25.4 Å². The molecule has 0 saturated heterocycles. The fourth-order valence-corrected chi connectivity index (χ4v) is 7.29. The summed E-state index contributed by atoms with van der Waals surface area (Å²) in [5.74, 6) is 1.95. The van der Waals surface area contributed by atoms with Gasteiger partial charge in [0.1, 0.15) is 0 Å². The lowest BCUT2D eigenvalue weighted by Gasteiger charge is -2.55. The Bertz CT molecular complexity index is 1240. The van der Waals surface area contributed by atoms with Crippen LogP contribution in [0.1, 0.15) is 61.9 Å². The normalized spacial score (nSPS) is 27.9. The van der Waals surface area contributed by atoms with Crippen LogP contribution in [0.15, 0.2) is 24.3 Å². The molecule has 0 unspecified atom stereocenters. The maximum Gasteiger partial charge on any atom is 0.244 e. The molecule has 33 heavy (non-hydrogen) atoms. The third-order valence-corrected chi connectivity index (χ3v) is 8.46. The predicted octanol–water partition coefficient (Wildman–Crippen LogP) is 3.80. The lowest BCUT2D eigenvalue weighted by atomic mass is 9.49. The SMILES string of the molecule is Cc1nc2c3ccccc3nn2c(C)c1CCC(=O)NNC(=O)C12CC3CC(CC(C3)C1)C2. The van der Waals surface area contributed by atoms with Gasteiger partial charge in [0.2, 0.25) is 11.8 Å². The summed E-state index contributed by atoms with van der Waals surface area (Å²) in [4.78, 5) is 30.5. The van der Waals surface area contributed by atoms with Crippen LogP contribution >= 0.6 is 0 Å². The van der Waals surface area contributed by atoms with Crippen molar-refractivity contribution in [2.45, 2.75) is 65.2 Å². The van der Waals surface area contributed by atoms with Crippen LogP contribution in [0.5, 0.6) is 0 Å². The Labute approximate surface area is 193 Å². The van der Waals surface area contributed by atoms with Gasteiger partial charge < -0.3 is 0 Å². The smallest absolute Gasteiger partial charge is 0.244 e. The molecule has 0 atom stereocenters. The maximum absolute atomic E-state index is 13.1. The first-order valence-electron chi connectivity index (χ1n) is 12.2. The summed E-state index contributed by atoms with van der Waals surface area (Å²) in [6.45, 7) is 4.01. The fraction of sp³-hybridized carbons (Fsp3) is 0.538. The topological polar surface area (TPSA) is 88.4 Å². The van der Waals surface area contributed by atoms with E-state index in [1.54, 1.807) is 0 Å². The molecule has 4 saturated carbocycles. The summed E-state index contributed by atoms with van der Waals surface area (Å²) in [7, 11) is 0. The Balaban J connectivity index is 1.12. The van der Waals surface area contributed by atoms with Crippen LogP contribution < -0.4 is 10.9 Å². The molecule has 1 aromatic carbocycles. The number of aromatic nitrogens is 3. The first-order chi connectivity index (χ1) is 15.9. The summed E-state index contributed by atoms with van der Waals surface area (Å²) in [5, 5.41) is 5.72. The van der Waals surface area contributed by atoms with E-state index in [4.69, 9.17) is 4.98 Å². The molecule has 2 aromatic heterocycles. The molecular weight excluding hydrogens is 414 g/mol. The van der Waals surface area contributed by atoms with E-state index in [0.29, 0.717) is 24.2 Å². The molecule has 7 heteroatoms. The van der Waals surface area contributed by atoms with Gasteiger partial charge in [-0.25, -0.2) is 9.50 Å². The molecule has 2 amide bonds. The molecule has 172 valence electrons. The summed E-state index contributed by atoms with van der Waals surface area (Å²) in [6, 6.07) is 7.98. The molecule has 7 rings (SSSR count). The number of hydrogen-bond donors (Lipinski definition) is 2. The number of hydrogen-bond acceptors (Lipinski definition) is 4. The monoisotopic (exact) mass is 445 g/mol. The maximum atomic E-state index is 13.1. The molecule has 0 radical (unpaired) electrons. The molecule has 7 nitrogen and oxygen atoms in total. The standard InChI is InChI=1S/C26H31N5O2/c1-15-20(16(2)31-24(27-15)21-5-3-4-6-22(21)30-31)7-8-23(32)28-29-25(33)26-12-17-9-18(13-26)11-19(10-17)14-26/h3-6,17-19H,7-14H2,1-2H3,(H,28,32)(H,29,33). The Kier molecular flexibility index (Phi) is 4.71. The summed E-state index contributed by atoms with van der Waals surface area (Å²) >= 11 is 0. The molecule has 0 aliphatic heterocycles. The van der Waals surface area contributed by atoms with Crippen molar-refractivity contribution in [2.24, 2.45) is 23.2 Å². The number of amides is 2. The molecule has 2 heterocycles. The van der Waals surface area contributed by atoms with E-state index in [2.05, 4.69) is 16.0 Å². The van der Waals surface area contributed by atoms with Crippen molar-refractivity contribution in [3.8, 4) is 0 Å². The van der Waals surface area contributed by atoms with Crippen molar-refractivity contribution in [2.75, 3.05) is 0 Å². The van der Waals surface area contributed by atoms with Crippen molar-refractivity contribution < 1.29 is 9.59 Å². The van der Waals surface area contributed by atoms with Gasteiger partial charge in [-0.3, -0.25) is 20.4 Å². The third kappa shape index (κ3) is 3.40. The quantitative estimate of drug-likeness (QED) is 0.598. The Morgan fingerprint density at radius 2 is 1.70 bits per heavy atom. The zero-order valence-corrected chi connectivity index (χ0v) is 19.4. The van der Waals surface area contributed by atoms with E-state index < -0.39 is 0 Å². The Hall–Kier alpha value is -2.96. The zero-order chi connectivity index (χ0) is 22.7. The van der Waals surface area contributed by atoms with Crippen LogP contribution in [0, 0.1) is 37.0 Å². The fourth-order valence-electron chi connectivity index (χ4n) is 7.29. The van der Waals surface area contributed by atoms with Gasteiger partial charge >= 0.3 is 0 Å². The van der Waals surface area contributed by atoms with E-state index >= 15 is 0 Å². The molecule has 4 bridgehead atoms. The molecule has 0 spiro atoms. The van der Waals surface area contributed by atoms with Gasteiger partial charge in [-0.15, -0.1) is 0 Å². The van der Waals surface area contributed by atoms with E-state index in [1.807, 2.05) is 42.6 Å². The van der Waals surface area contributed by atoms with E-state index in [-0.39, 0.29) is 23.7 Å². The van der Waals surface area contributed by atoms with Crippen LogP contribution in [0.4, 0.5) is 0 Å². The number of rotatable bonds is 4. The molecule has 4 aliphatic carbocycles. The lowest BCUT2D eigenvalue weighted by molar-refractivity contribution is -0.148. The van der Waals surface area contributed by atoms with Crippen molar-refractivity contribution in [1.29, 1.82) is 0 Å². The highest BCUT2D eigenvalue weighted by Gasteiger charge is 2.54. The van der Waals surface area contributed by atoms with Gasteiger partial charge in [0.05, 0.1) is 10.9 Å². The van der Waals surface area contributed by atoms with Gasteiger partial charge in [0, 0.05) is 23.2 Å². The highest BCUT2D eigenvalue weighted by Crippen LogP contribution is 2.60. The second-order valence-corrected chi connectivity index (χ2v) is 10.7. The van der Waals surface area contributed by atoms with E-state index in [9.17, 15) is 9.59 Å². The predicted molar refractivity (Wildman–Crippen MR) is 125 cm³/mol. The molecular formula is C26H31N5O2. The lowest BCUT2D eigenvalue weighted by Crippen LogP contribution is -2.56. The molecule has 4 fully saturated rings. The van der Waals surface area contributed by atoms with Crippen molar-refractivity contribution in [3.63, 3.8) is 0 Å². The first-order valence-corrected chi connectivity index (χ1v) is 12.2. The van der Waals surface area contributed by atoms with Crippen LogP contribution in [0.3, 0.4) is 0 Å². The summed E-state index contributed by atoms with van der Waals surface area (Å²) in [6.07, 6.45) is 7.69. The summed E-state index contributed by atoms with van der Waals surface area (Å²) in [5.41, 5.74) is 9.91. The third-order valence-electron chi connectivity index (χ3n) is 8.46. The Morgan fingerprint density at radius 3 is 2.39 bits per heavy atom. The first kappa shape index (κ1) is 20.6. The highest BCUT2D eigenvalue weighted by molar-refractivity contribution is 5.92. The summed E-state index contributed by atoms with van der Waals surface area (Å²) < 4.78 is 1.87. The van der Waals surface area contributed by atoms with Gasteiger partial charge in [-0.05, 0) is 94.2 Å².